The molecule has 5 amide bonds. The summed E-state index contributed by atoms with van der Waals surface area (Å²) in [5.41, 5.74) is 2.96. The SMILES string of the molecule is CCC(CC)C(=O)NCCc1ccc(-c2cccc3c2C(=O)N(C2CCC(=O)NC2=O)C3=O)cc1. The van der Waals surface area contributed by atoms with Crippen molar-refractivity contribution in [3.63, 3.8) is 0 Å². The molecule has 1 unspecified atom stereocenters. The zero-order valence-corrected chi connectivity index (χ0v) is 19.9. The average molecular weight is 476 g/mol. The number of hydrogen-bond donors (Lipinski definition) is 2. The number of benzene rings is 2. The van der Waals surface area contributed by atoms with Gasteiger partial charge < -0.3 is 5.32 Å². The van der Waals surface area contributed by atoms with Crippen molar-refractivity contribution in [1.82, 2.24) is 15.5 Å². The Morgan fingerprint density at radius 3 is 2.34 bits per heavy atom. The normalized spacial score (nSPS) is 17.6. The van der Waals surface area contributed by atoms with Gasteiger partial charge in [0.15, 0.2) is 0 Å². The highest BCUT2D eigenvalue weighted by molar-refractivity contribution is 6.25. The number of imide groups is 2. The van der Waals surface area contributed by atoms with Gasteiger partial charge in [-0.1, -0.05) is 50.2 Å². The number of amides is 5. The summed E-state index contributed by atoms with van der Waals surface area (Å²) in [4.78, 5) is 63.3. The van der Waals surface area contributed by atoms with E-state index in [2.05, 4.69) is 10.6 Å². The summed E-state index contributed by atoms with van der Waals surface area (Å²) >= 11 is 0. The van der Waals surface area contributed by atoms with E-state index in [0.717, 1.165) is 28.9 Å². The van der Waals surface area contributed by atoms with Gasteiger partial charge >= 0.3 is 0 Å². The van der Waals surface area contributed by atoms with E-state index in [1.165, 1.54) is 0 Å². The Bertz CT molecular complexity index is 1180. The van der Waals surface area contributed by atoms with Crippen LogP contribution in [0.2, 0.25) is 0 Å². The molecule has 0 spiro atoms. The highest BCUT2D eigenvalue weighted by Gasteiger charge is 2.45. The Morgan fingerprint density at radius 2 is 1.69 bits per heavy atom. The van der Waals surface area contributed by atoms with Crippen molar-refractivity contribution in [1.29, 1.82) is 0 Å². The molecule has 2 aliphatic heterocycles. The van der Waals surface area contributed by atoms with Crippen molar-refractivity contribution in [2.45, 2.75) is 52.0 Å². The van der Waals surface area contributed by atoms with E-state index in [0.29, 0.717) is 18.5 Å². The number of carbonyl (C=O) groups excluding carboxylic acids is 5. The molecule has 8 nitrogen and oxygen atoms in total. The summed E-state index contributed by atoms with van der Waals surface area (Å²) in [6.45, 7) is 4.56. The predicted molar refractivity (Wildman–Crippen MR) is 129 cm³/mol. The monoisotopic (exact) mass is 475 g/mol. The minimum Gasteiger partial charge on any atom is -0.356 e. The fourth-order valence-corrected chi connectivity index (χ4v) is 4.74. The summed E-state index contributed by atoms with van der Waals surface area (Å²) in [5.74, 6) is -1.96. The molecule has 1 atom stereocenters. The van der Waals surface area contributed by atoms with Crippen LogP contribution in [0.5, 0.6) is 0 Å². The van der Waals surface area contributed by atoms with Crippen molar-refractivity contribution >= 4 is 29.5 Å². The predicted octanol–water partition coefficient (Wildman–Crippen LogP) is 2.85. The number of fused-ring (bicyclic) bond motifs is 1. The van der Waals surface area contributed by atoms with Crippen LogP contribution in [0.3, 0.4) is 0 Å². The van der Waals surface area contributed by atoms with E-state index in [9.17, 15) is 24.0 Å². The lowest BCUT2D eigenvalue weighted by Crippen LogP contribution is -2.54. The Morgan fingerprint density at radius 1 is 1.00 bits per heavy atom. The van der Waals surface area contributed by atoms with E-state index in [-0.39, 0.29) is 35.8 Å². The summed E-state index contributed by atoms with van der Waals surface area (Å²) in [5, 5.41) is 5.20. The number of piperidine rings is 1. The van der Waals surface area contributed by atoms with Gasteiger partial charge in [0.25, 0.3) is 11.8 Å². The summed E-state index contributed by atoms with van der Waals surface area (Å²) in [6, 6.07) is 11.7. The van der Waals surface area contributed by atoms with Crippen LogP contribution in [-0.4, -0.2) is 47.0 Å². The maximum absolute atomic E-state index is 13.3. The van der Waals surface area contributed by atoms with Crippen LogP contribution in [0.25, 0.3) is 11.1 Å². The first-order valence-electron chi connectivity index (χ1n) is 12.1. The molecule has 1 fully saturated rings. The zero-order chi connectivity index (χ0) is 25.1. The first kappa shape index (κ1) is 24.3. The molecule has 1 saturated heterocycles. The van der Waals surface area contributed by atoms with E-state index < -0.39 is 29.7 Å². The zero-order valence-electron chi connectivity index (χ0n) is 19.9. The van der Waals surface area contributed by atoms with Gasteiger partial charge in [-0.25, -0.2) is 0 Å². The standard InChI is InChI=1S/C27H29N3O5/c1-3-17(4-2)24(32)28-15-14-16-8-10-18(11-9-16)19-6-5-7-20-23(19)27(35)30(26(20)34)21-12-13-22(31)29-25(21)33/h5-11,17,21H,3-4,12-15H2,1-2H3,(H,28,32)(H,29,31,33). The van der Waals surface area contributed by atoms with E-state index >= 15 is 0 Å². The summed E-state index contributed by atoms with van der Waals surface area (Å²) in [6.07, 6.45) is 2.52. The smallest absolute Gasteiger partial charge is 0.262 e. The first-order valence-corrected chi connectivity index (χ1v) is 12.1. The van der Waals surface area contributed by atoms with Gasteiger partial charge in [-0.2, -0.15) is 0 Å². The molecule has 4 rings (SSSR count). The molecule has 2 aromatic rings. The molecule has 0 radical (unpaired) electrons. The van der Waals surface area contributed by atoms with Crippen LogP contribution < -0.4 is 10.6 Å². The highest BCUT2D eigenvalue weighted by atomic mass is 16.2. The highest BCUT2D eigenvalue weighted by Crippen LogP contribution is 2.34. The first-order chi connectivity index (χ1) is 16.8. The average Bonchev–Trinajstić information content (AvgIpc) is 3.10. The number of carbonyl (C=O) groups is 5. The molecule has 182 valence electrons. The van der Waals surface area contributed by atoms with Gasteiger partial charge in [0.1, 0.15) is 6.04 Å². The second-order valence-electron chi connectivity index (χ2n) is 8.93. The van der Waals surface area contributed by atoms with Crippen molar-refractivity contribution in [2.75, 3.05) is 6.54 Å². The molecular weight excluding hydrogens is 446 g/mol. The van der Waals surface area contributed by atoms with Crippen LogP contribution in [0.4, 0.5) is 0 Å². The lowest BCUT2D eigenvalue weighted by atomic mass is 9.95. The van der Waals surface area contributed by atoms with Gasteiger partial charge in [-0.3, -0.25) is 34.2 Å². The van der Waals surface area contributed by atoms with Crippen molar-refractivity contribution in [3.8, 4) is 11.1 Å². The molecule has 35 heavy (non-hydrogen) atoms. The van der Waals surface area contributed by atoms with Crippen LogP contribution in [0.1, 0.15) is 65.8 Å². The van der Waals surface area contributed by atoms with Crippen molar-refractivity contribution in [2.24, 2.45) is 5.92 Å². The van der Waals surface area contributed by atoms with Gasteiger partial charge in [0.05, 0.1) is 11.1 Å². The molecule has 0 aliphatic carbocycles. The summed E-state index contributed by atoms with van der Waals surface area (Å²) < 4.78 is 0. The van der Waals surface area contributed by atoms with Crippen LogP contribution in [0.15, 0.2) is 42.5 Å². The minimum absolute atomic E-state index is 0.0394. The quantitative estimate of drug-likeness (QED) is 0.570. The van der Waals surface area contributed by atoms with Gasteiger partial charge in [-0.05, 0) is 48.4 Å². The molecule has 2 N–H and O–H groups in total. The second-order valence-corrected chi connectivity index (χ2v) is 8.93. The van der Waals surface area contributed by atoms with Gasteiger partial charge in [0.2, 0.25) is 17.7 Å². The number of nitrogens with zero attached hydrogens (tertiary/aromatic N) is 1. The largest absolute Gasteiger partial charge is 0.356 e. The Balaban J connectivity index is 1.50. The van der Waals surface area contributed by atoms with Gasteiger partial charge in [0, 0.05) is 18.9 Å². The van der Waals surface area contributed by atoms with Crippen molar-refractivity contribution in [3.05, 3.63) is 59.2 Å². The fourth-order valence-electron chi connectivity index (χ4n) is 4.74. The van der Waals surface area contributed by atoms with E-state index in [1.807, 2.05) is 38.1 Å². The maximum Gasteiger partial charge on any atom is 0.262 e. The van der Waals surface area contributed by atoms with Crippen LogP contribution in [-0.2, 0) is 20.8 Å². The number of nitrogens with one attached hydrogen (secondary N) is 2. The van der Waals surface area contributed by atoms with Gasteiger partial charge in [-0.15, -0.1) is 0 Å². The van der Waals surface area contributed by atoms with E-state index in [1.54, 1.807) is 18.2 Å². The molecule has 0 bridgehead atoms. The molecule has 0 saturated carbocycles. The third-order valence-corrected chi connectivity index (χ3v) is 6.80. The fraction of sp³-hybridized carbons (Fsp3) is 0.370. The molecule has 8 heteroatoms. The molecule has 2 heterocycles. The third kappa shape index (κ3) is 4.73. The van der Waals surface area contributed by atoms with Crippen molar-refractivity contribution < 1.29 is 24.0 Å². The molecule has 2 aliphatic rings. The lowest BCUT2D eigenvalue weighted by molar-refractivity contribution is -0.136. The number of rotatable bonds is 8. The second kappa shape index (κ2) is 10.2. The minimum atomic E-state index is -0.995. The molecule has 2 aromatic carbocycles. The topological polar surface area (TPSA) is 113 Å². The Labute approximate surface area is 204 Å². The molecular formula is C27H29N3O5. The lowest BCUT2D eigenvalue weighted by Gasteiger charge is -2.27. The van der Waals surface area contributed by atoms with Crippen LogP contribution in [0, 0.1) is 5.92 Å². The third-order valence-electron chi connectivity index (χ3n) is 6.80. The molecule has 0 aromatic heterocycles. The number of hydrogen-bond acceptors (Lipinski definition) is 5. The van der Waals surface area contributed by atoms with Crippen LogP contribution >= 0.6 is 0 Å². The maximum atomic E-state index is 13.3. The summed E-state index contributed by atoms with van der Waals surface area (Å²) in [7, 11) is 0. The van der Waals surface area contributed by atoms with E-state index in [4.69, 9.17) is 0 Å². The Kier molecular flexibility index (Phi) is 7.10. The Hall–Kier alpha value is -3.81.